The second-order valence-corrected chi connectivity index (χ2v) is 14.0. The normalized spacial score (nSPS) is 20.8. The number of aromatic nitrogens is 5. The third-order valence-electron chi connectivity index (χ3n) is 10.2. The summed E-state index contributed by atoms with van der Waals surface area (Å²) in [5.41, 5.74) is 6.59. The number of aryl methyl sites for hydroxylation is 3. The van der Waals surface area contributed by atoms with Crippen LogP contribution in [0.4, 0.5) is 5.82 Å². The van der Waals surface area contributed by atoms with Gasteiger partial charge < -0.3 is 19.4 Å². The molecule has 0 spiro atoms. The van der Waals surface area contributed by atoms with E-state index >= 15 is 0 Å². The summed E-state index contributed by atoms with van der Waals surface area (Å²) in [6.07, 6.45) is 11.5. The van der Waals surface area contributed by atoms with Gasteiger partial charge in [-0.3, -0.25) is 14.8 Å². The summed E-state index contributed by atoms with van der Waals surface area (Å²) in [4.78, 5) is 31.9. The lowest BCUT2D eigenvalue weighted by Gasteiger charge is -2.22. The van der Waals surface area contributed by atoms with E-state index in [9.17, 15) is 4.79 Å². The summed E-state index contributed by atoms with van der Waals surface area (Å²) in [6.45, 7) is 4.18. The molecule has 5 aromatic heterocycles. The fraction of sp³-hybridized carbons (Fsp3) is 0.429. The maximum absolute atomic E-state index is 14.2. The minimum Gasteiger partial charge on any atom is -0.421 e. The van der Waals surface area contributed by atoms with Crippen molar-refractivity contribution >= 4 is 33.1 Å². The highest BCUT2D eigenvalue weighted by atomic mass is 32.1. The van der Waals surface area contributed by atoms with Crippen molar-refractivity contribution in [3.05, 3.63) is 70.8 Å². The SMILES string of the molecule is Cc1nnc(-c2c(CCC3CCOCC3)nc3c(c2-c2cc4ccnc(N[C@H]5CCc6ncccc65)c4s2)C(=O)N2CCC[C@H]32)o1. The average molecular weight is 634 g/mol. The highest BCUT2D eigenvalue weighted by molar-refractivity contribution is 7.23. The third-order valence-corrected chi connectivity index (χ3v) is 11.4. The number of carbonyl (C=O) groups is 1. The van der Waals surface area contributed by atoms with Crippen molar-refractivity contribution in [2.45, 2.75) is 70.4 Å². The number of anilines is 1. The van der Waals surface area contributed by atoms with Crippen LogP contribution in [0.3, 0.4) is 0 Å². The van der Waals surface area contributed by atoms with Gasteiger partial charge in [0, 0.05) is 55.2 Å². The number of carbonyl (C=O) groups excluding carboxylic acids is 1. The Bertz CT molecular complexity index is 1980. The molecule has 1 N–H and O–H groups in total. The minimum absolute atomic E-state index is 0.0193. The van der Waals surface area contributed by atoms with E-state index < -0.39 is 0 Å². The van der Waals surface area contributed by atoms with Crippen molar-refractivity contribution in [3.63, 3.8) is 0 Å². The maximum Gasteiger partial charge on any atom is 0.257 e. The van der Waals surface area contributed by atoms with Crippen molar-refractivity contribution in [1.29, 1.82) is 0 Å². The Kier molecular flexibility index (Phi) is 6.85. The quantitative estimate of drug-likeness (QED) is 0.205. The van der Waals surface area contributed by atoms with Crippen LogP contribution in [0.25, 0.3) is 32.0 Å². The van der Waals surface area contributed by atoms with Gasteiger partial charge in [-0.1, -0.05) is 6.07 Å². The van der Waals surface area contributed by atoms with E-state index in [1.165, 1.54) is 5.56 Å². The van der Waals surface area contributed by atoms with Crippen LogP contribution >= 0.6 is 11.3 Å². The molecule has 4 aliphatic rings. The van der Waals surface area contributed by atoms with Gasteiger partial charge in [0.2, 0.25) is 11.8 Å². The predicted octanol–water partition coefficient (Wildman–Crippen LogP) is 6.86. The molecule has 2 saturated heterocycles. The van der Waals surface area contributed by atoms with Crippen LogP contribution < -0.4 is 5.32 Å². The lowest BCUT2D eigenvalue weighted by Crippen LogP contribution is -2.22. The predicted molar refractivity (Wildman–Crippen MR) is 175 cm³/mol. The summed E-state index contributed by atoms with van der Waals surface area (Å²) < 4.78 is 12.8. The molecular formula is C35H35N7O3S. The topological polar surface area (TPSA) is 119 Å². The van der Waals surface area contributed by atoms with Gasteiger partial charge in [-0.2, -0.15) is 0 Å². The molecule has 2 fully saturated rings. The average Bonchev–Trinajstić information content (AvgIpc) is 3.92. The molecule has 8 heterocycles. The Morgan fingerprint density at radius 3 is 2.83 bits per heavy atom. The van der Waals surface area contributed by atoms with Gasteiger partial charge in [0.1, 0.15) is 5.82 Å². The first-order valence-corrected chi connectivity index (χ1v) is 17.3. The fourth-order valence-electron chi connectivity index (χ4n) is 7.90. The first-order chi connectivity index (χ1) is 22.6. The molecule has 0 bridgehead atoms. The number of nitrogens with zero attached hydrogens (tertiary/aromatic N) is 6. The van der Waals surface area contributed by atoms with Crippen LogP contribution in [0.5, 0.6) is 0 Å². The second-order valence-electron chi connectivity index (χ2n) is 12.9. The number of fused-ring (bicyclic) bond motifs is 5. The summed E-state index contributed by atoms with van der Waals surface area (Å²) >= 11 is 1.66. The van der Waals surface area contributed by atoms with E-state index in [0.717, 1.165) is 120 Å². The molecule has 3 aliphatic heterocycles. The Morgan fingerprint density at radius 2 is 1.96 bits per heavy atom. The Labute approximate surface area is 270 Å². The summed E-state index contributed by atoms with van der Waals surface area (Å²) in [6, 6.07) is 8.58. The molecule has 2 atom stereocenters. The van der Waals surface area contributed by atoms with Crippen molar-refractivity contribution in [2.75, 3.05) is 25.1 Å². The monoisotopic (exact) mass is 633 g/mol. The molecule has 1 aliphatic carbocycles. The van der Waals surface area contributed by atoms with Crippen molar-refractivity contribution in [3.8, 4) is 21.9 Å². The first-order valence-electron chi connectivity index (χ1n) is 16.5. The molecule has 0 unspecified atom stereocenters. The van der Waals surface area contributed by atoms with Gasteiger partial charge in [-0.25, -0.2) is 4.98 Å². The van der Waals surface area contributed by atoms with E-state index in [2.05, 4.69) is 38.7 Å². The molecule has 11 heteroatoms. The number of amides is 1. The largest absolute Gasteiger partial charge is 0.421 e. The van der Waals surface area contributed by atoms with Gasteiger partial charge in [0.25, 0.3) is 5.91 Å². The number of hydrogen-bond acceptors (Lipinski definition) is 10. The molecule has 1 amide bonds. The number of pyridine rings is 3. The smallest absolute Gasteiger partial charge is 0.257 e. The number of thiophene rings is 1. The Morgan fingerprint density at radius 1 is 1.04 bits per heavy atom. The molecule has 0 aromatic carbocycles. The first kappa shape index (κ1) is 28.0. The molecule has 0 saturated carbocycles. The molecule has 9 rings (SSSR count). The number of rotatable bonds is 7. The molecule has 234 valence electrons. The Hall–Kier alpha value is -4.22. The van der Waals surface area contributed by atoms with Crippen molar-refractivity contribution < 1.29 is 13.9 Å². The van der Waals surface area contributed by atoms with E-state index in [1.807, 2.05) is 23.4 Å². The maximum atomic E-state index is 14.2. The zero-order valence-corrected chi connectivity index (χ0v) is 26.6. The highest BCUT2D eigenvalue weighted by Crippen LogP contribution is 2.50. The zero-order chi connectivity index (χ0) is 30.8. The molecule has 0 radical (unpaired) electrons. The molecule has 10 nitrogen and oxygen atoms in total. The minimum atomic E-state index is 0.0193. The summed E-state index contributed by atoms with van der Waals surface area (Å²) in [5.74, 6) is 2.39. The van der Waals surface area contributed by atoms with Gasteiger partial charge in [-0.15, -0.1) is 21.5 Å². The van der Waals surface area contributed by atoms with E-state index in [1.54, 1.807) is 18.3 Å². The molecule has 5 aromatic rings. The van der Waals surface area contributed by atoms with Crippen LogP contribution in [0.1, 0.15) is 89.5 Å². The number of ether oxygens (including phenoxy) is 1. The summed E-state index contributed by atoms with van der Waals surface area (Å²) in [5, 5.41) is 13.5. The zero-order valence-electron chi connectivity index (χ0n) is 25.8. The fourth-order valence-corrected chi connectivity index (χ4v) is 9.06. The van der Waals surface area contributed by atoms with Gasteiger partial charge in [-0.05, 0) is 86.4 Å². The van der Waals surface area contributed by atoms with Crippen LogP contribution in [-0.4, -0.2) is 55.7 Å². The van der Waals surface area contributed by atoms with E-state index in [4.69, 9.17) is 19.1 Å². The van der Waals surface area contributed by atoms with Crippen molar-refractivity contribution in [2.24, 2.45) is 5.92 Å². The van der Waals surface area contributed by atoms with Gasteiger partial charge >= 0.3 is 0 Å². The highest BCUT2D eigenvalue weighted by Gasteiger charge is 2.45. The Balaban J connectivity index is 1.20. The van der Waals surface area contributed by atoms with Crippen LogP contribution in [0.15, 0.2) is 41.1 Å². The number of hydrogen-bond donors (Lipinski definition) is 1. The van der Waals surface area contributed by atoms with Gasteiger partial charge in [0.15, 0.2) is 0 Å². The van der Waals surface area contributed by atoms with E-state index in [-0.39, 0.29) is 18.0 Å². The van der Waals surface area contributed by atoms with E-state index in [0.29, 0.717) is 23.3 Å². The summed E-state index contributed by atoms with van der Waals surface area (Å²) in [7, 11) is 0. The lowest BCUT2D eigenvalue weighted by molar-refractivity contribution is 0.0639. The van der Waals surface area contributed by atoms with Crippen LogP contribution in [0, 0.1) is 12.8 Å². The number of nitrogens with one attached hydrogen (secondary N) is 1. The van der Waals surface area contributed by atoms with Crippen LogP contribution in [-0.2, 0) is 17.6 Å². The van der Waals surface area contributed by atoms with Crippen molar-refractivity contribution in [1.82, 2.24) is 30.0 Å². The lowest BCUT2D eigenvalue weighted by atomic mass is 9.90. The molecular weight excluding hydrogens is 598 g/mol. The second kappa shape index (κ2) is 11.2. The van der Waals surface area contributed by atoms with Crippen LogP contribution in [0.2, 0.25) is 0 Å². The van der Waals surface area contributed by atoms with Gasteiger partial charge in [0.05, 0.1) is 39.3 Å². The molecule has 46 heavy (non-hydrogen) atoms. The standard InChI is InChI=1S/C35H35N7O3S/c1-19-40-41-34(45-19)28-25(7-6-20-11-16-44-17-12-20)38-31-26-5-3-15-42(26)35(43)30(31)29(28)27-18-21-10-14-37-33(32(21)46-27)39-24-9-8-23-22(24)4-2-13-36-23/h2,4,10,13-14,18,20,24,26H,3,5-9,11-12,15-17H2,1H3,(H,37,39)/t24-,26+/m0/s1. The third kappa shape index (κ3) is 4.62.